The summed E-state index contributed by atoms with van der Waals surface area (Å²) in [5.74, 6) is -1.14. The van der Waals surface area contributed by atoms with Gasteiger partial charge in [0.05, 0.1) is 10.2 Å². The molecular formula is C13H15I3O4. The molecule has 1 aromatic rings. The topological polar surface area (TPSA) is 66.8 Å². The number of phenols is 1. The fourth-order valence-electron chi connectivity index (χ4n) is 1.66. The van der Waals surface area contributed by atoms with Crippen molar-refractivity contribution >= 4 is 73.7 Å². The second-order valence-corrected chi connectivity index (χ2v) is 7.45. The number of halogens is 3. The second kappa shape index (κ2) is 8.81. The molecule has 0 bridgehead atoms. The number of benzene rings is 1. The van der Waals surface area contributed by atoms with Gasteiger partial charge in [0, 0.05) is 7.14 Å². The average molecular weight is 616 g/mol. The minimum atomic E-state index is -1.14. The first-order chi connectivity index (χ1) is 9.41. The van der Waals surface area contributed by atoms with Crippen molar-refractivity contribution in [1.29, 1.82) is 0 Å². The molecule has 7 heteroatoms. The Morgan fingerprint density at radius 3 is 2.30 bits per heavy atom. The number of hydrogen-bond acceptors (Lipinski definition) is 3. The van der Waals surface area contributed by atoms with Crippen LogP contribution in [0, 0.1) is 10.7 Å². The standard InChI is InChI=1S/C13H15I3O4/c1-2-3-4-5-6-20-12-10(16)9(15)8(14)7(11(12)17)13(18)19/h17H,2-6H2,1H3,(H,18,19). The molecule has 0 aromatic heterocycles. The van der Waals surface area contributed by atoms with E-state index in [9.17, 15) is 15.0 Å². The van der Waals surface area contributed by atoms with Crippen LogP contribution in [0.25, 0.3) is 0 Å². The quantitative estimate of drug-likeness (QED) is 0.261. The number of aromatic hydroxyl groups is 1. The highest BCUT2D eigenvalue weighted by Crippen LogP contribution is 2.41. The van der Waals surface area contributed by atoms with E-state index in [0.29, 0.717) is 10.2 Å². The second-order valence-electron chi connectivity index (χ2n) is 4.21. The van der Waals surface area contributed by atoms with Crippen LogP contribution in [-0.4, -0.2) is 22.8 Å². The van der Waals surface area contributed by atoms with Gasteiger partial charge in [-0.15, -0.1) is 0 Å². The molecule has 0 atom stereocenters. The minimum absolute atomic E-state index is 0.0843. The lowest BCUT2D eigenvalue weighted by Gasteiger charge is -2.15. The Hall–Kier alpha value is 0.480. The summed E-state index contributed by atoms with van der Waals surface area (Å²) in [6.07, 6.45) is 4.26. The fourth-order valence-corrected chi connectivity index (χ4v) is 4.12. The SMILES string of the molecule is CCCCCCOc1c(O)c(C(=O)O)c(I)c(I)c1I. The van der Waals surface area contributed by atoms with E-state index >= 15 is 0 Å². The van der Waals surface area contributed by atoms with Gasteiger partial charge in [-0.1, -0.05) is 26.2 Å². The van der Waals surface area contributed by atoms with E-state index in [1.807, 2.05) is 22.6 Å². The van der Waals surface area contributed by atoms with Gasteiger partial charge in [0.15, 0.2) is 11.5 Å². The number of rotatable bonds is 7. The summed E-state index contributed by atoms with van der Waals surface area (Å²) in [7, 11) is 0. The summed E-state index contributed by atoms with van der Waals surface area (Å²) in [6, 6.07) is 0. The molecule has 0 saturated heterocycles. The molecule has 0 saturated carbocycles. The van der Waals surface area contributed by atoms with Crippen molar-refractivity contribution < 1.29 is 19.7 Å². The summed E-state index contributed by atoms with van der Waals surface area (Å²) < 4.78 is 7.70. The van der Waals surface area contributed by atoms with Crippen LogP contribution in [0.2, 0.25) is 0 Å². The number of carboxylic acids is 1. The maximum atomic E-state index is 11.2. The predicted molar refractivity (Wildman–Crippen MR) is 103 cm³/mol. The Labute approximate surface area is 159 Å². The van der Waals surface area contributed by atoms with Crippen LogP contribution < -0.4 is 4.74 Å². The van der Waals surface area contributed by atoms with Gasteiger partial charge in [0.1, 0.15) is 5.56 Å². The lowest BCUT2D eigenvalue weighted by molar-refractivity contribution is 0.0691. The molecule has 4 nitrogen and oxygen atoms in total. The third-order valence-corrected chi connectivity index (χ3v) is 7.97. The normalized spacial score (nSPS) is 10.6. The zero-order chi connectivity index (χ0) is 15.3. The Morgan fingerprint density at radius 2 is 1.75 bits per heavy atom. The zero-order valence-corrected chi connectivity index (χ0v) is 17.4. The van der Waals surface area contributed by atoms with Crippen molar-refractivity contribution in [2.75, 3.05) is 6.61 Å². The van der Waals surface area contributed by atoms with E-state index in [4.69, 9.17) is 4.74 Å². The van der Waals surface area contributed by atoms with Crippen LogP contribution in [0.4, 0.5) is 0 Å². The Bertz CT molecular complexity index is 503. The highest BCUT2D eigenvalue weighted by atomic mass is 127. The third kappa shape index (κ3) is 4.49. The Kier molecular flexibility index (Phi) is 8.16. The smallest absolute Gasteiger partial charge is 0.340 e. The first kappa shape index (κ1) is 18.5. The van der Waals surface area contributed by atoms with Crippen molar-refractivity contribution in [2.24, 2.45) is 0 Å². The molecule has 0 aliphatic carbocycles. The summed E-state index contributed by atoms with van der Waals surface area (Å²) >= 11 is 6.08. The minimum Gasteiger partial charge on any atom is -0.504 e. The summed E-state index contributed by atoms with van der Waals surface area (Å²) in [5.41, 5.74) is -0.0843. The number of hydrogen-bond donors (Lipinski definition) is 2. The van der Waals surface area contributed by atoms with Crippen LogP contribution in [-0.2, 0) is 0 Å². The average Bonchev–Trinajstić information content (AvgIpc) is 2.39. The third-order valence-electron chi connectivity index (χ3n) is 2.71. The summed E-state index contributed by atoms with van der Waals surface area (Å²) in [4.78, 5) is 11.2. The lowest BCUT2D eigenvalue weighted by atomic mass is 10.2. The highest BCUT2D eigenvalue weighted by molar-refractivity contribution is 14.1. The first-order valence-electron chi connectivity index (χ1n) is 6.17. The van der Waals surface area contributed by atoms with E-state index < -0.39 is 5.97 Å². The van der Waals surface area contributed by atoms with Crippen molar-refractivity contribution in [1.82, 2.24) is 0 Å². The van der Waals surface area contributed by atoms with Crippen LogP contribution >= 0.6 is 67.8 Å². The Morgan fingerprint density at radius 1 is 1.10 bits per heavy atom. The zero-order valence-electron chi connectivity index (χ0n) is 10.9. The van der Waals surface area contributed by atoms with Crippen molar-refractivity contribution in [3.63, 3.8) is 0 Å². The molecule has 1 aromatic carbocycles. The monoisotopic (exact) mass is 616 g/mol. The van der Waals surface area contributed by atoms with Crippen molar-refractivity contribution in [3.8, 4) is 11.5 Å². The predicted octanol–water partition coefficient (Wildman–Crippen LogP) is 4.86. The van der Waals surface area contributed by atoms with Crippen LogP contribution in [0.3, 0.4) is 0 Å². The maximum absolute atomic E-state index is 11.2. The largest absolute Gasteiger partial charge is 0.504 e. The van der Waals surface area contributed by atoms with E-state index in [2.05, 4.69) is 52.1 Å². The lowest BCUT2D eigenvalue weighted by Crippen LogP contribution is -2.08. The molecular weight excluding hydrogens is 601 g/mol. The molecule has 20 heavy (non-hydrogen) atoms. The molecule has 2 N–H and O–H groups in total. The van der Waals surface area contributed by atoms with Gasteiger partial charge >= 0.3 is 5.97 Å². The van der Waals surface area contributed by atoms with Crippen molar-refractivity contribution in [2.45, 2.75) is 32.6 Å². The maximum Gasteiger partial charge on any atom is 0.340 e. The number of aromatic carboxylic acids is 1. The number of carboxylic acid groups (broad SMARTS) is 1. The first-order valence-corrected chi connectivity index (χ1v) is 9.40. The van der Waals surface area contributed by atoms with Crippen molar-refractivity contribution in [3.05, 3.63) is 16.3 Å². The number of carbonyl (C=O) groups is 1. The molecule has 0 spiro atoms. The van der Waals surface area contributed by atoms with Gasteiger partial charge in [0.2, 0.25) is 0 Å². The fraction of sp³-hybridized carbons (Fsp3) is 0.462. The van der Waals surface area contributed by atoms with Gasteiger partial charge in [-0.05, 0) is 74.2 Å². The van der Waals surface area contributed by atoms with Crippen LogP contribution in [0.1, 0.15) is 43.0 Å². The van der Waals surface area contributed by atoms with Gasteiger partial charge in [-0.25, -0.2) is 4.79 Å². The molecule has 0 aliphatic rings. The van der Waals surface area contributed by atoms with Gasteiger partial charge in [0.25, 0.3) is 0 Å². The van der Waals surface area contributed by atoms with E-state index in [0.717, 1.165) is 32.8 Å². The number of ether oxygens (including phenoxy) is 1. The summed E-state index contributed by atoms with van der Waals surface area (Å²) in [5, 5.41) is 19.3. The molecule has 0 radical (unpaired) electrons. The van der Waals surface area contributed by atoms with Gasteiger partial charge < -0.3 is 14.9 Å². The molecule has 112 valence electrons. The Balaban J connectivity index is 2.98. The number of unbranched alkanes of at least 4 members (excludes halogenated alkanes) is 3. The van der Waals surface area contributed by atoms with Crippen LogP contribution in [0.15, 0.2) is 0 Å². The summed E-state index contributed by atoms with van der Waals surface area (Å²) in [6.45, 7) is 2.62. The van der Waals surface area contributed by atoms with E-state index in [-0.39, 0.29) is 17.1 Å². The van der Waals surface area contributed by atoms with Gasteiger partial charge in [-0.2, -0.15) is 0 Å². The molecule has 0 heterocycles. The molecule has 0 aliphatic heterocycles. The molecule has 1 rings (SSSR count). The van der Waals surface area contributed by atoms with E-state index in [1.165, 1.54) is 0 Å². The van der Waals surface area contributed by atoms with Crippen LogP contribution in [0.5, 0.6) is 11.5 Å². The van der Waals surface area contributed by atoms with Gasteiger partial charge in [-0.3, -0.25) is 0 Å². The molecule has 0 amide bonds. The molecule has 0 fully saturated rings. The highest BCUT2D eigenvalue weighted by Gasteiger charge is 2.25. The molecule has 0 unspecified atom stereocenters. The van der Waals surface area contributed by atoms with E-state index in [1.54, 1.807) is 0 Å².